The van der Waals surface area contributed by atoms with Crippen LogP contribution in [0.2, 0.25) is 0 Å². The first kappa shape index (κ1) is 20.9. The third-order valence-electron chi connectivity index (χ3n) is 2.32. The molecule has 0 saturated carbocycles. The highest BCUT2D eigenvalue weighted by Crippen LogP contribution is 2.48. The minimum atomic E-state index is -6.43. The second-order valence-corrected chi connectivity index (χ2v) is 4.49. The van der Waals surface area contributed by atoms with Gasteiger partial charge in [0.05, 0.1) is 0 Å². The summed E-state index contributed by atoms with van der Waals surface area (Å²) in [5.74, 6) is -20.0. The molecule has 0 amide bonds. The van der Waals surface area contributed by atoms with E-state index in [2.05, 4.69) is 4.74 Å². The van der Waals surface area contributed by atoms with E-state index in [9.17, 15) is 44.7 Å². The van der Waals surface area contributed by atoms with Gasteiger partial charge in [-0.3, -0.25) is 9.59 Å². The molecule has 0 atom stereocenters. The Hall–Kier alpha value is -1.13. The van der Waals surface area contributed by atoms with Crippen LogP contribution in [0.3, 0.4) is 0 Å². The molecule has 22 heavy (non-hydrogen) atoms. The molecule has 12 heteroatoms. The average Bonchev–Trinajstić information content (AvgIpc) is 2.35. The molecule has 0 N–H and O–H groups in total. The molecule has 0 aromatic rings. The molecule has 3 nitrogen and oxygen atoms in total. The maximum absolute atomic E-state index is 13.0. The molecule has 0 unspecified atom stereocenters. The van der Waals surface area contributed by atoms with E-state index >= 15 is 0 Å². The Morgan fingerprint density at radius 3 is 1.91 bits per heavy atom. The number of carbonyl (C=O) groups is 2. The van der Waals surface area contributed by atoms with Crippen molar-refractivity contribution < 1.29 is 49.4 Å². The van der Waals surface area contributed by atoms with Gasteiger partial charge in [-0.05, 0) is 18.0 Å². The Kier molecular flexibility index (Phi) is 7.04. The fourth-order valence-corrected chi connectivity index (χ4v) is 1.22. The van der Waals surface area contributed by atoms with Gasteiger partial charge in [-0.15, -0.1) is 0 Å². The van der Waals surface area contributed by atoms with Crippen LogP contribution in [0, 0.1) is 0 Å². The molecule has 0 aromatic heterocycles. The largest absolute Gasteiger partial charge is 0.459 e. The van der Waals surface area contributed by atoms with E-state index in [0.29, 0.717) is 0 Å². The number of ether oxygens (including phenoxy) is 1. The quantitative estimate of drug-likeness (QED) is 0.356. The molecule has 0 heterocycles. The van der Waals surface area contributed by atoms with Crippen LogP contribution in [0.1, 0.15) is 19.3 Å². The van der Waals surface area contributed by atoms with Gasteiger partial charge >= 0.3 is 30.2 Å². The van der Waals surface area contributed by atoms with E-state index in [1.54, 1.807) is 0 Å². The topological polar surface area (TPSA) is 43.4 Å². The van der Waals surface area contributed by atoms with Gasteiger partial charge in [-0.25, -0.2) is 8.78 Å². The number of rotatable bonds is 9. The second kappa shape index (κ2) is 7.42. The van der Waals surface area contributed by atoms with Crippen LogP contribution >= 0.6 is 11.6 Å². The van der Waals surface area contributed by atoms with E-state index in [0.717, 1.165) is 0 Å². The number of alkyl halides is 8. The van der Waals surface area contributed by atoms with Gasteiger partial charge in [0.1, 0.15) is 0 Å². The summed E-state index contributed by atoms with van der Waals surface area (Å²) in [6.07, 6.45) is -6.31. The smallest absolute Gasteiger partial charge is 0.381 e. The van der Waals surface area contributed by atoms with E-state index in [1.807, 2.05) is 0 Å². The first-order valence-electron chi connectivity index (χ1n) is 5.51. The number of hydrogen-bond donors (Lipinski definition) is 0. The van der Waals surface area contributed by atoms with E-state index < -0.39 is 48.4 Å². The van der Waals surface area contributed by atoms with Crippen LogP contribution in [0.5, 0.6) is 0 Å². The van der Waals surface area contributed by atoms with Crippen LogP contribution in [0.25, 0.3) is 0 Å². The van der Waals surface area contributed by atoms with Crippen molar-refractivity contribution in [2.45, 2.75) is 43.5 Å². The molecule has 0 aliphatic carbocycles. The normalized spacial score (nSPS) is 13.4. The Morgan fingerprint density at radius 2 is 1.50 bits per heavy atom. The summed E-state index contributed by atoms with van der Waals surface area (Å²) < 4.78 is 104. The molecule has 0 aromatic carbocycles. The summed E-state index contributed by atoms with van der Waals surface area (Å²) in [5.41, 5.74) is 0. The van der Waals surface area contributed by atoms with Crippen molar-refractivity contribution in [2.75, 3.05) is 6.61 Å². The number of esters is 1. The molecule has 0 rings (SSSR count). The molecule has 0 saturated heterocycles. The van der Waals surface area contributed by atoms with Gasteiger partial charge in [-0.2, -0.15) is 26.3 Å². The Labute approximate surface area is 123 Å². The van der Waals surface area contributed by atoms with Crippen molar-refractivity contribution in [3.63, 3.8) is 0 Å². The lowest BCUT2D eigenvalue weighted by Crippen LogP contribution is -2.59. The van der Waals surface area contributed by atoms with Crippen molar-refractivity contribution in [2.24, 2.45) is 0 Å². The molecule has 130 valence electrons. The third-order valence-corrected chi connectivity index (χ3v) is 2.51. The van der Waals surface area contributed by atoms with Crippen LogP contribution < -0.4 is 0 Å². The SMILES string of the molecule is O=C(Cl)CCCC(=O)OCC(F)(F)C(F)(F)C(F)(F)C(F)F. The first-order chi connectivity index (χ1) is 9.75. The minimum absolute atomic E-state index is 0.254. The lowest BCUT2D eigenvalue weighted by Gasteiger charge is -2.31. The summed E-state index contributed by atoms with van der Waals surface area (Å²) in [6.45, 7) is -2.52. The van der Waals surface area contributed by atoms with Gasteiger partial charge in [0.15, 0.2) is 6.61 Å². The number of carbonyl (C=O) groups excluding carboxylic acids is 2. The van der Waals surface area contributed by atoms with Gasteiger partial charge in [0, 0.05) is 12.8 Å². The zero-order chi connectivity index (χ0) is 17.8. The van der Waals surface area contributed by atoms with Gasteiger partial charge in [-0.1, -0.05) is 0 Å². The van der Waals surface area contributed by atoms with Crippen molar-refractivity contribution in [3.8, 4) is 0 Å². The van der Waals surface area contributed by atoms with Gasteiger partial charge in [0.25, 0.3) is 0 Å². The van der Waals surface area contributed by atoms with Crippen molar-refractivity contribution in [3.05, 3.63) is 0 Å². The molecular formula is C10H9ClF8O3. The Balaban J connectivity index is 4.69. The summed E-state index contributed by atoms with van der Waals surface area (Å²) >= 11 is 4.89. The van der Waals surface area contributed by atoms with Crippen molar-refractivity contribution >= 4 is 22.8 Å². The van der Waals surface area contributed by atoms with Crippen LogP contribution in [0.15, 0.2) is 0 Å². The van der Waals surface area contributed by atoms with E-state index in [4.69, 9.17) is 11.6 Å². The lowest BCUT2D eigenvalue weighted by atomic mass is 10.1. The third kappa shape index (κ3) is 4.96. The molecular weight excluding hydrogens is 356 g/mol. The zero-order valence-corrected chi connectivity index (χ0v) is 11.3. The summed E-state index contributed by atoms with van der Waals surface area (Å²) in [7, 11) is 0. The average molecular weight is 365 g/mol. The molecule has 0 aliphatic rings. The summed E-state index contributed by atoms with van der Waals surface area (Å²) in [5, 5.41) is -0.860. The maximum Gasteiger partial charge on any atom is 0.381 e. The monoisotopic (exact) mass is 364 g/mol. The predicted molar refractivity (Wildman–Crippen MR) is 56.5 cm³/mol. The fourth-order valence-electron chi connectivity index (χ4n) is 1.09. The predicted octanol–water partition coefficient (Wildman–Crippen LogP) is 3.64. The first-order valence-corrected chi connectivity index (χ1v) is 5.89. The minimum Gasteiger partial charge on any atom is -0.459 e. The number of hydrogen-bond acceptors (Lipinski definition) is 3. The highest BCUT2D eigenvalue weighted by molar-refractivity contribution is 6.63. The molecule has 0 radical (unpaired) electrons. The summed E-state index contributed by atoms with van der Waals surface area (Å²) in [6, 6.07) is 0. The highest BCUT2D eigenvalue weighted by atomic mass is 35.5. The Bertz CT molecular complexity index is 413. The molecule has 0 fully saturated rings. The van der Waals surface area contributed by atoms with E-state index in [1.165, 1.54) is 0 Å². The fraction of sp³-hybridized carbons (Fsp3) is 0.800. The van der Waals surface area contributed by atoms with Crippen LogP contribution in [-0.2, 0) is 14.3 Å². The van der Waals surface area contributed by atoms with Gasteiger partial charge < -0.3 is 4.74 Å². The van der Waals surface area contributed by atoms with Crippen LogP contribution in [-0.4, -0.2) is 42.0 Å². The number of halogens is 9. The van der Waals surface area contributed by atoms with Crippen molar-refractivity contribution in [1.29, 1.82) is 0 Å². The second-order valence-electron chi connectivity index (χ2n) is 4.07. The molecule has 0 bridgehead atoms. The van der Waals surface area contributed by atoms with Crippen molar-refractivity contribution in [1.82, 2.24) is 0 Å². The van der Waals surface area contributed by atoms with Crippen LogP contribution in [0.4, 0.5) is 35.1 Å². The molecule has 0 aliphatic heterocycles. The lowest BCUT2D eigenvalue weighted by molar-refractivity contribution is -0.344. The standard InChI is InChI=1S/C10H9ClF8O3/c11-5(20)2-1-3-6(21)22-4-8(14,15)10(18,19)9(16,17)7(12)13/h7H,1-4H2. The highest BCUT2D eigenvalue weighted by Gasteiger charge is 2.75. The zero-order valence-electron chi connectivity index (χ0n) is 10.5. The van der Waals surface area contributed by atoms with Gasteiger partial charge in [0.2, 0.25) is 5.24 Å². The van der Waals surface area contributed by atoms with E-state index in [-0.39, 0.29) is 12.8 Å². The summed E-state index contributed by atoms with van der Waals surface area (Å²) in [4.78, 5) is 21.2. The Morgan fingerprint density at radius 1 is 1.00 bits per heavy atom. The maximum atomic E-state index is 13.0. The molecule has 0 spiro atoms.